The van der Waals surface area contributed by atoms with Gasteiger partial charge in [-0.1, -0.05) is 13.0 Å². The van der Waals surface area contributed by atoms with Gasteiger partial charge in [-0.2, -0.15) is 0 Å². The minimum atomic E-state index is -0.194. The predicted molar refractivity (Wildman–Crippen MR) is 55.7 cm³/mol. The molecule has 0 saturated heterocycles. The van der Waals surface area contributed by atoms with Crippen molar-refractivity contribution < 1.29 is 9.47 Å². The molecule has 0 aliphatic carbocycles. The zero-order valence-corrected chi connectivity index (χ0v) is 9.41. The third-order valence-corrected chi connectivity index (χ3v) is 1.34. The van der Waals surface area contributed by atoms with Crippen molar-refractivity contribution in [2.75, 3.05) is 0 Å². The molecular weight excluding hydrogens is 164 g/mol. The molecule has 0 N–H and O–H groups in total. The molecule has 0 saturated carbocycles. The smallest absolute Gasteiger partial charge is 0.177 e. The number of allylic oxidation sites excluding steroid dienone is 1. The number of hydrogen-bond acceptors (Lipinski definition) is 2. The van der Waals surface area contributed by atoms with Gasteiger partial charge in [0.1, 0.15) is 0 Å². The lowest BCUT2D eigenvalue weighted by atomic mass is 10.4. The first-order chi connectivity index (χ1) is 6.06. The van der Waals surface area contributed by atoms with Gasteiger partial charge in [-0.15, -0.1) is 0 Å². The van der Waals surface area contributed by atoms with Gasteiger partial charge >= 0.3 is 0 Å². The summed E-state index contributed by atoms with van der Waals surface area (Å²) in [5, 5.41) is 0. The van der Waals surface area contributed by atoms with E-state index in [1.54, 1.807) is 0 Å². The first kappa shape index (κ1) is 12.7. The standard InChI is InChI=1S/C11H22O2/c1-6-7-8-11(12-9(2)3)13-10(4)5/h7-11H,6H2,1-5H3. The van der Waals surface area contributed by atoms with E-state index in [4.69, 9.17) is 9.47 Å². The van der Waals surface area contributed by atoms with Crippen LogP contribution in [0.4, 0.5) is 0 Å². The Hall–Kier alpha value is -0.340. The first-order valence-electron chi connectivity index (χ1n) is 5.03. The maximum atomic E-state index is 5.55. The van der Waals surface area contributed by atoms with Crippen molar-refractivity contribution in [2.24, 2.45) is 0 Å². The van der Waals surface area contributed by atoms with Crippen LogP contribution in [0.3, 0.4) is 0 Å². The average molecular weight is 186 g/mol. The molecule has 2 heteroatoms. The van der Waals surface area contributed by atoms with Crippen LogP contribution in [0, 0.1) is 0 Å². The maximum Gasteiger partial charge on any atom is 0.177 e. The lowest BCUT2D eigenvalue weighted by Gasteiger charge is -2.19. The van der Waals surface area contributed by atoms with Crippen LogP contribution in [0.1, 0.15) is 41.0 Å². The molecule has 0 bridgehead atoms. The van der Waals surface area contributed by atoms with Gasteiger partial charge in [-0.3, -0.25) is 0 Å². The molecule has 0 aromatic rings. The molecule has 13 heavy (non-hydrogen) atoms. The summed E-state index contributed by atoms with van der Waals surface area (Å²) in [6, 6.07) is 0. The molecule has 0 spiro atoms. The third-order valence-electron chi connectivity index (χ3n) is 1.34. The molecular formula is C11H22O2. The van der Waals surface area contributed by atoms with Gasteiger partial charge in [0, 0.05) is 0 Å². The van der Waals surface area contributed by atoms with Crippen LogP contribution >= 0.6 is 0 Å². The summed E-state index contributed by atoms with van der Waals surface area (Å²) in [7, 11) is 0. The summed E-state index contributed by atoms with van der Waals surface area (Å²) in [5.74, 6) is 0. The molecule has 0 amide bonds. The van der Waals surface area contributed by atoms with E-state index in [1.807, 2.05) is 33.8 Å². The molecule has 0 aromatic carbocycles. The lowest BCUT2D eigenvalue weighted by molar-refractivity contribution is -0.152. The number of ether oxygens (including phenoxy) is 2. The van der Waals surface area contributed by atoms with E-state index in [1.165, 1.54) is 0 Å². The molecule has 0 unspecified atom stereocenters. The second-order valence-electron chi connectivity index (χ2n) is 3.57. The molecule has 0 rings (SSSR count). The van der Waals surface area contributed by atoms with Crippen molar-refractivity contribution in [3.63, 3.8) is 0 Å². The Bertz CT molecular complexity index is 129. The minimum absolute atomic E-state index is 0.194. The second-order valence-corrected chi connectivity index (χ2v) is 3.57. The van der Waals surface area contributed by atoms with Crippen molar-refractivity contribution >= 4 is 0 Å². The van der Waals surface area contributed by atoms with Crippen molar-refractivity contribution in [2.45, 2.75) is 59.5 Å². The Morgan fingerprint density at radius 3 is 1.77 bits per heavy atom. The molecule has 0 aliphatic rings. The Labute approximate surface area is 81.9 Å². The largest absolute Gasteiger partial charge is 0.346 e. The fourth-order valence-corrected chi connectivity index (χ4v) is 0.906. The highest BCUT2D eigenvalue weighted by atomic mass is 16.7. The van der Waals surface area contributed by atoms with Crippen LogP contribution < -0.4 is 0 Å². The summed E-state index contributed by atoms with van der Waals surface area (Å²) in [4.78, 5) is 0. The zero-order valence-electron chi connectivity index (χ0n) is 9.41. The summed E-state index contributed by atoms with van der Waals surface area (Å²) < 4.78 is 11.1. The minimum Gasteiger partial charge on any atom is -0.346 e. The maximum absolute atomic E-state index is 5.55. The van der Waals surface area contributed by atoms with Gasteiger partial charge in [0.2, 0.25) is 0 Å². The Morgan fingerprint density at radius 2 is 1.46 bits per heavy atom. The van der Waals surface area contributed by atoms with E-state index >= 15 is 0 Å². The fourth-order valence-electron chi connectivity index (χ4n) is 0.906. The van der Waals surface area contributed by atoms with Crippen LogP contribution in [0.5, 0.6) is 0 Å². The third kappa shape index (κ3) is 8.00. The molecule has 0 heterocycles. The molecule has 0 aromatic heterocycles. The average Bonchev–Trinajstić information content (AvgIpc) is 1.98. The summed E-state index contributed by atoms with van der Waals surface area (Å²) in [6.45, 7) is 10.1. The highest BCUT2D eigenvalue weighted by Gasteiger charge is 2.08. The first-order valence-corrected chi connectivity index (χ1v) is 5.03. The highest BCUT2D eigenvalue weighted by molar-refractivity contribution is 4.84. The van der Waals surface area contributed by atoms with E-state index in [0.717, 1.165) is 6.42 Å². The Balaban J connectivity index is 3.95. The van der Waals surface area contributed by atoms with Crippen LogP contribution in [-0.4, -0.2) is 18.5 Å². The van der Waals surface area contributed by atoms with E-state index in [-0.39, 0.29) is 18.5 Å². The number of hydrogen-bond donors (Lipinski definition) is 0. The second kappa shape index (κ2) is 7.10. The molecule has 0 aliphatic heterocycles. The van der Waals surface area contributed by atoms with Crippen LogP contribution in [-0.2, 0) is 9.47 Å². The normalized spacial score (nSPS) is 12.6. The highest BCUT2D eigenvalue weighted by Crippen LogP contribution is 2.05. The van der Waals surface area contributed by atoms with Gasteiger partial charge in [-0.25, -0.2) is 0 Å². The molecule has 78 valence electrons. The monoisotopic (exact) mass is 186 g/mol. The molecule has 2 nitrogen and oxygen atoms in total. The van der Waals surface area contributed by atoms with E-state index in [0.29, 0.717) is 0 Å². The Morgan fingerprint density at radius 1 is 1.00 bits per heavy atom. The Kier molecular flexibility index (Phi) is 6.92. The van der Waals surface area contributed by atoms with Crippen LogP contribution in [0.15, 0.2) is 12.2 Å². The quantitative estimate of drug-likeness (QED) is 0.468. The van der Waals surface area contributed by atoms with Gasteiger partial charge in [0.25, 0.3) is 0 Å². The topological polar surface area (TPSA) is 18.5 Å². The van der Waals surface area contributed by atoms with Gasteiger partial charge in [0.15, 0.2) is 6.29 Å². The summed E-state index contributed by atoms with van der Waals surface area (Å²) >= 11 is 0. The van der Waals surface area contributed by atoms with Crippen molar-refractivity contribution in [1.82, 2.24) is 0 Å². The lowest BCUT2D eigenvalue weighted by Crippen LogP contribution is -2.22. The van der Waals surface area contributed by atoms with Crippen LogP contribution in [0.2, 0.25) is 0 Å². The fraction of sp³-hybridized carbons (Fsp3) is 0.818. The van der Waals surface area contributed by atoms with Gasteiger partial charge in [0.05, 0.1) is 12.2 Å². The van der Waals surface area contributed by atoms with E-state index < -0.39 is 0 Å². The van der Waals surface area contributed by atoms with E-state index in [2.05, 4.69) is 13.0 Å². The molecule has 0 radical (unpaired) electrons. The summed E-state index contributed by atoms with van der Waals surface area (Å²) in [5.41, 5.74) is 0. The van der Waals surface area contributed by atoms with Crippen molar-refractivity contribution in [3.05, 3.63) is 12.2 Å². The predicted octanol–water partition coefficient (Wildman–Crippen LogP) is 3.13. The molecule has 0 atom stereocenters. The SMILES string of the molecule is CCC=CC(OC(C)C)OC(C)C. The van der Waals surface area contributed by atoms with E-state index in [9.17, 15) is 0 Å². The van der Waals surface area contributed by atoms with Gasteiger partial charge < -0.3 is 9.47 Å². The zero-order chi connectivity index (χ0) is 10.3. The van der Waals surface area contributed by atoms with Gasteiger partial charge in [-0.05, 0) is 40.2 Å². The van der Waals surface area contributed by atoms with Crippen molar-refractivity contribution in [1.29, 1.82) is 0 Å². The van der Waals surface area contributed by atoms with Crippen molar-refractivity contribution in [3.8, 4) is 0 Å². The molecule has 0 fully saturated rings. The summed E-state index contributed by atoms with van der Waals surface area (Å²) in [6.07, 6.45) is 5.25. The number of rotatable bonds is 6. The van der Waals surface area contributed by atoms with Crippen LogP contribution in [0.25, 0.3) is 0 Å².